The monoisotopic (exact) mass is 279 g/mol. The molecule has 100 valence electrons. The number of halogens is 4. The van der Waals surface area contributed by atoms with Crippen molar-refractivity contribution in [2.45, 2.75) is 12.2 Å². The Morgan fingerprint density at radius 3 is 2.56 bits per heavy atom. The molecule has 0 aromatic carbocycles. The Balaban J connectivity index is 2.34. The maximum absolute atomic E-state index is 13.2. The smallest absolute Gasteiger partial charge is 0.314 e. The summed E-state index contributed by atoms with van der Waals surface area (Å²) in [6.45, 7) is 1.78. The minimum atomic E-state index is -4.36. The van der Waals surface area contributed by atoms with Gasteiger partial charge in [0.2, 0.25) is 0 Å². The number of aromatic nitrogens is 1. The molecular weight excluding hydrogens is 267 g/mol. The second kappa shape index (κ2) is 5.42. The number of piperazine rings is 1. The Morgan fingerprint density at radius 2 is 2.00 bits per heavy atom. The Morgan fingerprint density at radius 1 is 1.33 bits per heavy atom. The summed E-state index contributed by atoms with van der Waals surface area (Å²) >= 11 is 5.79. The normalized spacial score (nSPS) is 19.8. The molecule has 0 aliphatic carbocycles. The highest BCUT2D eigenvalue weighted by Crippen LogP contribution is 2.39. The second-order valence-electron chi connectivity index (χ2n) is 4.11. The lowest BCUT2D eigenvalue weighted by Crippen LogP contribution is -2.49. The van der Waals surface area contributed by atoms with Crippen LogP contribution in [0.3, 0.4) is 0 Å². The minimum Gasteiger partial charge on any atom is -0.314 e. The van der Waals surface area contributed by atoms with Crippen LogP contribution in [0.5, 0.6) is 0 Å². The van der Waals surface area contributed by atoms with Gasteiger partial charge in [-0.05, 0) is 6.07 Å². The maximum atomic E-state index is 13.2. The Hall–Kier alpha value is -0.850. The molecular formula is C11H13ClF3N3. The van der Waals surface area contributed by atoms with Crippen LogP contribution >= 0.6 is 11.6 Å². The van der Waals surface area contributed by atoms with Crippen LogP contribution in [0.15, 0.2) is 18.3 Å². The number of hydrogen-bond acceptors (Lipinski definition) is 3. The third-order valence-electron chi connectivity index (χ3n) is 2.91. The molecule has 0 unspecified atom stereocenters. The van der Waals surface area contributed by atoms with E-state index in [4.69, 9.17) is 11.6 Å². The predicted octanol–water partition coefficient (Wildman–Crippen LogP) is 2.24. The minimum absolute atomic E-state index is 0.0218. The lowest BCUT2D eigenvalue weighted by molar-refractivity contribution is -0.187. The second-order valence-corrected chi connectivity index (χ2v) is 4.47. The van der Waals surface area contributed by atoms with E-state index in [1.165, 1.54) is 23.2 Å². The van der Waals surface area contributed by atoms with Crippen molar-refractivity contribution in [1.82, 2.24) is 15.2 Å². The van der Waals surface area contributed by atoms with Crippen molar-refractivity contribution in [3.63, 3.8) is 0 Å². The third-order valence-corrected chi connectivity index (χ3v) is 3.23. The zero-order valence-corrected chi connectivity index (χ0v) is 10.3. The summed E-state index contributed by atoms with van der Waals surface area (Å²) in [7, 11) is 0. The van der Waals surface area contributed by atoms with Crippen molar-refractivity contribution in [2.75, 3.05) is 26.2 Å². The lowest BCUT2D eigenvalue weighted by Gasteiger charge is -2.36. The van der Waals surface area contributed by atoms with Gasteiger partial charge < -0.3 is 5.32 Å². The Labute approximate surface area is 108 Å². The van der Waals surface area contributed by atoms with Gasteiger partial charge in [0.25, 0.3) is 0 Å². The first-order valence-electron chi connectivity index (χ1n) is 5.62. The molecule has 0 bridgehead atoms. The summed E-state index contributed by atoms with van der Waals surface area (Å²) in [5.74, 6) is 0. The first kappa shape index (κ1) is 13.6. The largest absolute Gasteiger partial charge is 0.408 e. The molecule has 1 aromatic rings. The van der Waals surface area contributed by atoms with Crippen molar-refractivity contribution in [3.05, 3.63) is 29.0 Å². The lowest BCUT2D eigenvalue weighted by atomic mass is 10.1. The van der Waals surface area contributed by atoms with E-state index >= 15 is 0 Å². The molecule has 0 saturated carbocycles. The van der Waals surface area contributed by atoms with E-state index in [0.717, 1.165) is 0 Å². The van der Waals surface area contributed by atoms with Gasteiger partial charge in [0.1, 0.15) is 11.2 Å². The van der Waals surface area contributed by atoms with Crippen LogP contribution in [-0.2, 0) is 0 Å². The van der Waals surface area contributed by atoms with E-state index in [9.17, 15) is 13.2 Å². The van der Waals surface area contributed by atoms with Crippen LogP contribution in [0.4, 0.5) is 13.2 Å². The molecule has 1 fully saturated rings. The fourth-order valence-electron chi connectivity index (χ4n) is 2.12. The zero-order valence-electron chi connectivity index (χ0n) is 9.54. The summed E-state index contributed by atoms with van der Waals surface area (Å²) in [6.07, 6.45) is -2.97. The zero-order chi connectivity index (χ0) is 13.2. The molecule has 1 N–H and O–H groups in total. The molecule has 18 heavy (non-hydrogen) atoms. The summed E-state index contributed by atoms with van der Waals surface area (Å²) in [5, 5.41) is 2.94. The number of alkyl halides is 3. The van der Waals surface area contributed by atoms with E-state index in [0.29, 0.717) is 26.2 Å². The van der Waals surface area contributed by atoms with Gasteiger partial charge in [-0.25, -0.2) is 4.98 Å². The number of rotatable bonds is 2. The van der Waals surface area contributed by atoms with Crippen LogP contribution in [0, 0.1) is 0 Å². The van der Waals surface area contributed by atoms with Crippen molar-refractivity contribution in [2.24, 2.45) is 0 Å². The summed E-state index contributed by atoms with van der Waals surface area (Å²) < 4.78 is 39.7. The van der Waals surface area contributed by atoms with Crippen molar-refractivity contribution < 1.29 is 13.2 Å². The van der Waals surface area contributed by atoms with E-state index in [1.807, 2.05) is 0 Å². The van der Waals surface area contributed by atoms with Crippen LogP contribution < -0.4 is 5.32 Å². The van der Waals surface area contributed by atoms with Crippen LogP contribution in [0.2, 0.25) is 5.15 Å². The van der Waals surface area contributed by atoms with E-state index in [2.05, 4.69) is 10.3 Å². The molecule has 2 heterocycles. The number of pyridine rings is 1. The van der Waals surface area contributed by atoms with E-state index in [-0.39, 0.29) is 10.7 Å². The van der Waals surface area contributed by atoms with Crippen molar-refractivity contribution >= 4 is 11.6 Å². The fraction of sp³-hybridized carbons (Fsp3) is 0.545. The molecule has 1 aliphatic rings. The van der Waals surface area contributed by atoms with Gasteiger partial charge in [-0.2, -0.15) is 13.2 Å². The molecule has 3 nitrogen and oxygen atoms in total. The highest BCUT2D eigenvalue weighted by atomic mass is 35.5. The first-order chi connectivity index (χ1) is 8.50. The molecule has 0 spiro atoms. The van der Waals surface area contributed by atoms with Gasteiger partial charge in [0, 0.05) is 37.9 Å². The van der Waals surface area contributed by atoms with Gasteiger partial charge in [0.05, 0.1) is 0 Å². The molecule has 7 heteroatoms. The molecule has 1 atom stereocenters. The Kier molecular flexibility index (Phi) is 4.09. The van der Waals surface area contributed by atoms with Crippen LogP contribution in [-0.4, -0.2) is 42.2 Å². The maximum Gasteiger partial charge on any atom is 0.408 e. The number of hydrogen-bond donors (Lipinski definition) is 1. The van der Waals surface area contributed by atoms with Gasteiger partial charge in [-0.3, -0.25) is 4.90 Å². The van der Waals surface area contributed by atoms with Crippen molar-refractivity contribution in [1.29, 1.82) is 0 Å². The highest BCUT2D eigenvalue weighted by Gasteiger charge is 2.45. The summed E-state index contributed by atoms with van der Waals surface area (Å²) in [5.41, 5.74) is 0.0218. The summed E-state index contributed by atoms with van der Waals surface area (Å²) in [4.78, 5) is 5.12. The molecule has 0 amide bonds. The molecule has 1 aromatic heterocycles. The number of nitrogens with one attached hydrogen (secondary N) is 1. The fourth-order valence-corrected chi connectivity index (χ4v) is 2.35. The average molecular weight is 280 g/mol. The number of nitrogens with zero attached hydrogens (tertiary/aromatic N) is 2. The van der Waals surface area contributed by atoms with E-state index in [1.54, 1.807) is 0 Å². The third kappa shape index (κ3) is 2.93. The standard InChI is InChI=1S/C11H13ClF3N3/c12-10-8(2-1-3-17-10)9(11(13,14)15)18-6-4-16-5-7-18/h1-3,9,16H,4-7H2/t9-/m1/s1. The average Bonchev–Trinajstić information content (AvgIpc) is 2.32. The van der Waals surface area contributed by atoms with E-state index < -0.39 is 12.2 Å². The molecule has 1 aliphatic heterocycles. The molecule has 0 radical (unpaired) electrons. The topological polar surface area (TPSA) is 28.2 Å². The van der Waals surface area contributed by atoms with Gasteiger partial charge in [0.15, 0.2) is 0 Å². The highest BCUT2D eigenvalue weighted by molar-refractivity contribution is 6.30. The van der Waals surface area contributed by atoms with Crippen molar-refractivity contribution in [3.8, 4) is 0 Å². The van der Waals surface area contributed by atoms with Crippen LogP contribution in [0.25, 0.3) is 0 Å². The van der Waals surface area contributed by atoms with Gasteiger partial charge in [-0.15, -0.1) is 0 Å². The quantitative estimate of drug-likeness (QED) is 0.842. The summed E-state index contributed by atoms with van der Waals surface area (Å²) in [6, 6.07) is 1.18. The SMILES string of the molecule is FC(F)(F)[C@@H](c1cccnc1Cl)N1CCNCC1. The first-order valence-corrected chi connectivity index (χ1v) is 6.00. The Bertz CT molecular complexity index is 405. The predicted molar refractivity (Wildman–Crippen MR) is 62.5 cm³/mol. The molecule has 1 saturated heterocycles. The van der Waals surface area contributed by atoms with Crippen LogP contribution in [0.1, 0.15) is 11.6 Å². The van der Waals surface area contributed by atoms with Gasteiger partial charge in [-0.1, -0.05) is 17.7 Å². The van der Waals surface area contributed by atoms with Gasteiger partial charge >= 0.3 is 6.18 Å². The molecule has 2 rings (SSSR count).